The lowest BCUT2D eigenvalue weighted by Gasteiger charge is -2.25. The first-order chi connectivity index (χ1) is 9.29. The second kappa shape index (κ2) is 5.25. The molecule has 1 amide bonds. The van der Waals surface area contributed by atoms with E-state index in [0.717, 1.165) is 17.0 Å². The molecule has 3 N–H and O–H groups in total. The van der Waals surface area contributed by atoms with Gasteiger partial charge in [-0.2, -0.15) is 0 Å². The molecule has 0 aliphatic rings. The van der Waals surface area contributed by atoms with Crippen molar-refractivity contribution < 1.29 is 4.79 Å². The molecule has 0 spiro atoms. The van der Waals surface area contributed by atoms with Crippen LogP contribution in [0.2, 0.25) is 0 Å². The minimum Gasteiger partial charge on any atom is -0.349 e. The van der Waals surface area contributed by atoms with Crippen molar-refractivity contribution in [3.05, 3.63) is 35.8 Å². The minimum atomic E-state index is -0.527. The fraction of sp³-hybridized carbons (Fsp3) is 0.467. The van der Waals surface area contributed by atoms with Gasteiger partial charge in [0.25, 0.3) is 0 Å². The van der Waals surface area contributed by atoms with E-state index in [0.29, 0.717) is 6.54 Å². The van der Waals surface area contributed by atoms with Crippen LogP contribution in [0.25, 0.3) is 5.65 Å². The van der Waals surface area contributed by atoms with E-state index in [2.05, 4.69) is 10.3 Å². The molecule has 5 heteroatoms. The summed E-state index contributed by atoms with van der Waals surface area (Å²) in [7, 11) is 0. The van der Waals surface area contributed by atoms with Crippen molar-refractivity contribution in [1.82, 2.24) is 14.7 Å². The third kappa shape index (κ3) is 2.99. The number of rotatable bonds is 3. The Morgan fingerprint density at radius 1 is 1.45 bits per heavy atom. The lowest BCUT2D eigenvalue weighted by molar-refractivity contribution is -0.124. The maximum absolute atomic E-state index is 12.0. The highest BCUT2D eigenvalue weighted by Gasteiger charge is 2.27. The molecular weight excluding hydrogens is 252 g/mol. The molecule has 0 aliphatic heterocycles. The highest BCUT2D eigenvalue weighted by atomic mass is 16.2. The fourth-order valence-electron chi connectivity index (χ4n) is 1.96. The van der Waals surface area contributed by atoms with Crippen molar-refractivity contribution in [2.75, 3.05) is 0 Å². The van der Waals surface area contributed by atoms with Crippen molar-refractivity contribution in [3.8, 4) is 0 Å². The monoisotopic (exact) mass is 274 g/mol. The number of aryl methyl sites for hydroxylation is 1. The average molecular weight is 274 g/mol. The Morgan fingerprint density at radius 2 is 2.15 bits per heavy atom. The molecule has 2 heterocycles. The summed E-state index contributed by atoms with van der Waals surface area (Å²) >= 11 is 0. The van der Waals surface area contributed by atoms with Crippen LogP contribution in [0.3, 0.4) is 0 Å². The number of amides is 1. The van der Waals surface area contributed by atoms with Gasteiger partial charge in [0.15, 0.2) is 0 Å². The number of carbonyl (C=O) groups excluding carboxylic acids is 1. The molecule has 0 radical (unpaired) electrons. The number of hydrogen-bond donors (Lipinski definition) is 2. The summed E-state index contributed by atoms with van der Waals surface area (Å²) < 4.78 is 2.01. The fourth-order valence-corrected chi connectivity index (χ4v) is 1.96. The molecule has 2 aromatic heterocycles. The van der Waals surface area contributed by atoms with Gasteiger partial charge < -0.3 is 15.5 Å². The van der Waals surface area contributed by atoms with Gasteiger partial charge in [-0.3, -0.25) is 4.79 Å². The van der Waals surface area contributed by atoms with Gasteiger partial charge in [0.05, 0.1) is 18.3 Å². The number of fused-ring (bicyclic) bond motifs is 1. The van der Waals surface area contributed by atoms with Crippen LogP contribution in [0.4, 0.5) is 0 Å². The number of nitrogens with zero attached hydrogens (tertiary/aromatic N) is 2. The quantitative estimate of drug-likeness (QED) is 0.893. The van der Waals surface area contributed by atoms with E-state index >= 15 is 0 Å². The van der Waals surface area contributed by atoms with E-state index < -0.39 is 6.04 Å². The van der Waals surface area contributed by atoms with E-state index in [1.54, 1.807) is 0 Å². The molecule has 2 aromatic rings. The third-order valence-electron chi connectivity index (χ3n) is 3.41. The number of hydrogen-bond acceptors (Lipinski definition) is 3. The first kappa shape index (κ1) is 14.5. The number of carbonyl (C=O) groups is 1. The molecule has 108 valence electrons. The van der Waals surface area contributed by atoms with Gasteiger partial charge in [0.2, 0.25) is 5.91 Å². The van der Waals surface area contributed by atoms with Gasteiger partial charge in [-0.1, -0.05) is 26.8 Å². The molecule has 1 atom stereocenters. The zero-order chi connectivity index (χ0) is 14.9. The van der Waals surface area contributed by atoms with Gasteiger partial charge in [0.1, 0.15) is 5.65 Å². The maximum Gasteiger partial charge on any atom is 0.237 e. The van der Waals surface area contributed by atoms with E-state index in [1.807, 2.05) is 56.5 Å². The molecule has 0 aromatic carbocycles. The molecule has 5 nitrogen and oxygen atoms in total. The zero-order valence-electron chi connectivity index (χ0n) is 12.5. The number of imidazole rings is 1. The summed E-state index contributed by atoms with van der Waals surface area (Å²) in [6.45, 7) is 8.26. The van der Waals surface area contributed by atoms with Crippen LogP contribution in [-0.4, -0.2) is 21.3 Å². The summed E-state index contributed by atoms with van der Waals surface area (Å²) in [5.74, 6) is -0.147. The Balaban J connectivity index is 2.06. The number of pyridine rings is 1. The molecule has 0 aliphatic carbocycles. The van der Waals surface area contributed by atoms with Crippen LogP contribution in [0.5, 0.6) is 0 Å². The van der Waals surface area contributed by atoms with E-state index in [1.165, 1.54) is 0 Å². The van der Waals surface area contributed by atoms with E-state index in [-0.39, 0.29) is 11.3 Å². The zero-order valence-corrected chi connectivity index (χ0v) is 12.5. The van der Waals surface area contributed by atoms with Gasteiger partial charge in [-0.25, -0.2) is 4.98 Å². The lowest BCUT2D eigenvalue weighted by Crippen LogP contribution is -2.48. The molecule has 0 bridgehead atoms. The normalized spacial score (nSPS) is 13.4. The second-order valence-corrected chi connectivity index (χ2v) is 6.19. The number of aromatic nitrogens is 2. The average Bonchev–Trinajstić information content (AvgIpc) is 2.78. The predicted octanol–water partition coefficient (Wildman–Crippen LogP) is 1.63. The molecule has 0 fully saturated rings. The standard InChI is InChI=1S/C15H22N4O/c1-10-6-5-7-12-18-11(9-19(10)12)8-17-14(20)13(16)15(2,3)4/h5-7,9,13H,8,16H2,1-4H3,(H,17,20)/t13-/m1/s1. The molecule has 0 unspecified atom stereocenters. The van der Waals surface area contributed by atoms with Crippen LogP contribution < -0.4 is 11.1 Å². The number of nitrogens with two attached hydrogens (primary N) is 1. The van der Waals surface area contributed by atoms with Crippen LogP contribution in [-0.2, 0) is 11.3 Å². The highest BCUT2D eigenvalue weighted by Crippen LogP contribution is 2.17. The molecule has 0 saturated heterocycles. The van der Waals surface area contributed by atoms with Gasteiger partial charge >= 0.3 is 0 Å². The Kier molecular flexibility index (Phi) is 3.81. The summed E-state index contributed by atoms with van der Waals surface area (Å²) in [6.07, 6.45) is 1.94. The van der Waals surface area contributed by atoms with Crippen molar-refractivity contribution in [3.63, 3.8) is 0 Å². The van der Waals surface area contributed by atoms with E-state index in [4.69, 9.17) is 5.73 Å². The summed E-state index contributed by atoms with van der Waals surface area (Å²) in [4.78, 5) is 16.4. The third-order valence-corrected chi connectivity index (χ3v) is 3.41. The lowest BCUT2D eigenvalue weighted by atomic mass is 9.87. The Labute approximate surface area is 119 Å². The van der Waals surface area contributed by atoms with Crippen molar-refractivity contribution in [2.45, 2.75) is 40.3 Å². The first-order valence-corrected chi connectivity index (χ1v) is 6.76. The van der Waals surface area contributed by atoms with E-state index in [9.17, 15) is 4.79 Å². The van der Waals surface area contributed by atoms with Gasteiger partial charge in [-0.15, -0.1) is 0 Å². The first-order valence-electron chi connectivity index (χ1n) is 6.76. The summed E-state index contributed by atoms with van der Waals surface area (Å²) in [5, 5.41) is 2.85. The van der Waals surface area contributed by atoms with Crippen LogP contribution >= 0.6 is 0 Å². The Bertz CT molecular complexity index is 624. The molecular formula is C15H22N4O. The summed E-state index contributed by atoms with van der Waals surface area (Å²) in [5.41, 5.74) is 8.49. The molecule has 20 heavy (non-hydrogen) atoms. The van der Waals surface area contributed by atoms with Crippen LogP contribution in [0.1, 0.15) is 32.2 Å². The van der Waals surface area contributed by atoms with Crippen LogP contribution in [0, 0.1) is 12.3 Å². The second-order valence-electron chi connectivity index (χ2n) is 6.19. The van der Waals surface area contributed by atoms with Gasteiger partial charge in [0, 0.05) is 11.9 Å². The Hall–Kier alpha value is -1.88. The van der Waals surface area contributed by atoms with Crippen LogP contribution in [0.15, 0.2) is 24.4 Å². The predicted molar refractivity (Wildman–Crippen MR) is 79.2 cm³/mol. The molecule has 2 rings (SSSR count). The topological polar surface area (TPSA) is 72.4 Å². The van der Waals surface area contributed by atoms with Crippen molar-refractivity contribution in [2.24, 2.45) is 11.1 Å². The van der Waals surface area contributed by atoms with Crippen molar-refractivity contribution >= 4 is 11.6 Å². The smallest absolute Gasteiger partial charge is 0.237 e. The highest BCUT2D eigenvalue weighted by molar-refractivity contribution is 5.82. The maximum atomic E-state index is 12.0. The van der Waals surface area contributed by atoms with Crippen molar-refractivity contribution in [1.29, 1.82) is 0 Å². The van der Waals surface area contributed by atoms with Gasteiger partial charge in [-0.05, 0) is 24.5 Å². The molecule has 0 saturated carbocycles. The minimum absolute atomic E-state index is 0.147. The largest absolute Gasteiger partial charge is 0.349 e. The number of nitrogens with one attached hydrogen (secondary N) is 1. The summed E-state index contributed by atoms with van der Waals surface area (Å²) in [6, 6.07) is 5.41. The SMILES string of the molecule is Cc1cccc2nc(CNC(=O)[C@@H](N)C(C)(C)C)cn12. The Morgan fingerprint density at radius 3 is 2.75 bits per heavy atom.